The summed E-state index contributed by atoms with van der Waals surface area (Å²) in [6.07, 6.45) is 0.810. The van der Waals surface area contributed by atoms with Crippen LogP contribution >= 0.6 is 11.6 Å². The number of amides is 2. The lowest BCUT2D eigenvalue weighted by atomic mass is 10.1. The molecule has 0 saturated heterocycles. The van der Waals surface area contributed by atoms with Crippen LogP contribution in [0.4, 0.5) is 16.2 Å². The molecule has 2 amide bonds. The van der Waals surface area contributed by atoms with Crippen LogP contribution in [0.25, 0.3) is 0 Å². The van der Waals surface area contributed by atoms with Crippen LogP contribution in [0.2, 0.25) is 5.02 Å². The van der Waals surface area contributed by atoms with E-state index in [9.17, 15) is 4.79 Å². The van der Waals surface area contributed by atoms with E-state index in [0.717, 1.165) is 24.3 Å². The Kier molecular flexibility index (Phi) is 8.36. The molecule has 2 N–H and O–H groups in total. The fourth-order valence-electron chi connectivity index (χ4n) is 3.15. The van der Waals surface area contributed by atoms with Gasteiger partial charge in [-0.1, -0.05) is 41.9 Å². The molecule has 7 heteroatoms. The Balaban J connectivity index is 1.61. The summed E-state index contributed by atoms with van der Waals surface area (Å²) in [6, 6.07) is 22.2. The van der Waals surface area contributed by atoms with E-state index < -0.39 is 0 Å². The molecule has 0 aliphatic carbocycles. The van der Waals surface area contributed by atoms with Crippen molar-refractivity contribution in [2.24, 2.45) is 0 Å². The Labute approximate surface area is 194 Å². The highest BCUT2D eigenvalue weighted by atomic mass is 35.5. The highest BCUT2D eigenvalue weighted by Gasteiger charge is 2.14. The molecule has 3 rings (SSSR count). The average molecular weight is 454 g/mol. The molecule has 0 aliphatic rings. The second-order valence-corrected chi connectivity index (χ2v) is 7.97. The summed E-state index contributed by atoms with van der Waals surface area (Å²) in [7, 11) is 5.62. The molecule has 0 bridgehead atoms. The number of benzene rings is 3. The Morgan fingerprint density at radius 3 is 2.28 bits per heavy atom. The Hall–Kier alpha value is -3.22. The maximum absolute atomic E-state index is 12.3. The zero-order valence-corrected chi connectivity index (χ0v) is 19.2. The van der Waals surface area contributed by atoms with Gasteiger partial charge in [0.05, 0.1) is 12.1 Å². The van der Waals surface area contributed by atoms with E-state index in [0.29, 0.717) is 22.1 Å². The van der Waals surface area contributed by atoms with Crippen LogP contribution in [-0.4, -0.2) is 38.7 Å². The van der Waals surface area contributed by atoms with Crippen molar-refractivity contribution in [1.82, 2.24) is 4.90 Å². The summed E-state index contributed by atoms with van der Waals surface area (Å²) >= 11 is 6.02. The van der Waals surface area contributed by atoms with Crippen molar-refractivity contribution >= 4 is 29.0 Å². The largest absolute Gasteiger partial charge is 0.495 e. The molecule has 0 saturated carbocycles. The van der Waals surface area contributed by atoms with Crippen LogP contribution in [0.5, 0.6) is 11.5 Å². The van der Waals surface area contributed by atoms with Crippen LogP contribution in [0, 0.1) is 0 Å². The van der Waals surface area contributed by atoms with E-state index in [1.165, 1.54) is 7.11 Å². The van der Waals surface area contributed by atoms with Crippen LogP contribution in [0.1, 0.15) is 18.1 Å². The second-order valence-electron chi connectivity index (χ2n) is 7.56. The van der Waals surface area contributed by atoms with Gasteiger partial charge in [0.2, 0.25) is 0 Å². The van der Waals surface area contributed by atoms with Crippen molar-refractivity contribution in [2.75, 3.05) is 38.4 Å². The van der Waals surface area contributed by atoms with Gasteiger partial charge < -0.3 is 25.0 Å². The zero-order valence-electron chi connectivity index (χ0n) is 18.5. The number of nitrogens with zero attached hydrogens (tertiary/aromatic N) is 1. The summed E-state index contributed by atoms with van der Waals surface area (Å²) < 4.78 is 11.4. The molecule has 32 heavy (non-hydrogen) atoms. The molecule has 0 spiro atoms. The first-order valence-corrected chi connectivity index (χ1v) is 10.7. The van der Waals surface area contributed by atoms with E-state index in [2.05, 4.69) is 27.7 Å². The third-order valence-electron chi connectivity index (χ3n) is 4.81. The summed E-state index contributed by atoms with van der Waals surface area (Å²) in [5, 5.41) is 6.05. The predicted octanol–water partition coefficient (Wildman–Crippen LogP) is 6.06. The molecule has 1 atom stereocenters. The SMILES string of the molecule is COc1cc(NC(=O)Nc2ccc(OC(CCN(C)C)c3ccccc3)cc2)ccc1Cl. The number of carbonyl (C=O) groups is 1. The lowest BCUT2D eigenvalue weighted by molar-refractivity contribution is 0.179. The summed E-state index contributed by atoms with van der Waals surface area (Å²) in [4.78, 5) is 14.5. The van der Waals surface area contributed by atoms with E-state index in [1.807, 2.05) is 56.6 Å². The van der Waals surface area contributed by atoms with Crippen LogP contribution in [-0.2, 0) is 0 Å². The molecule has 0 radical (unpaired) electrons. The van der Waals surface area contributed by atoms with Crippen molar-refractivity contribution in [3.05, 3.63) is 83.4 Å². The molecular weight excluding hydrogens is 426 g/mol. The van der Waals surface area contributed by atoms with Crippen molar-refractivity contribution in [3.63, 3.8) is 0 Å². The number of rotatable bonds is 9. The van der Waals surface area contributed by atoms with Gasteiger partial charge >= 0.3 is 6.03 Å². The third kappa shape index (κ3) is 6.90. The number of nitrogens with one attached hydrogen (secondary N) is 2. The van der Waals surface area contributed by atoms with Crippen molar-refractivity contribution in [1.29, 1.82) is 0 Å². The molecule has 0 aromatic heterocycles. The van der Waals surface area contributed by atoms with Crippen LogP contribution in [0.3, 0.4) is 0 Å². The quantitative estimate of drug-likeness (QED) is 0.413. The normalized spacial score (nSPS) is 11.7. The van der Waals surface area contributed by atoms with Gasteiger partial charge in [0, 0.05) is 30.4 Å². The lowest BCUT2D eigenvalue weighted by Crippen LogP contribution is -2.19. The Bertz CT molecular complexity index is 1010. The van der Waals surface area contributed by atoms with Gasteiger partial charge in [0.1, 0.15) is 17.6 Å². The minimum Gasteiger partial charge on any atom is -0.495 e. The van der Waals surface area contributed by atoms with Gasteiger partial charge in [-0.25, -0.2) is 4.79 Å². The standard InChI is InChI=1S/C25H28ClN3O3/c1-29(2)16-15-23(18-7-5-4-6-8-18)32-21-12-9-19(10-13-21)27-25(30)28-20-11-14-22(26)24(17-20)31-3/h4-14,17,23H,15-16H2,1-3H3,(H2,27,28,30). The van der Waals surface area contributed by atoms with Crippen molar-refractivity contribution in [3.8, 4) is 11.5 Å². The first-order valence-electron chi connectivity index (χ1n) is 10.3. The lowest BCUT2D eigenvalue weighted by Gasteiger charge is -2.21. The average Bonchev–Trinajstić information content (AvgIpc) is 2.79. The van der Waals surface area contributed by atoms with Gasteiger partial charge in [-0.15, -0.1) is 0 Å². The smallest absolute Gasteiger partial charge is 0.323 e. The fraction of sp³-hybridized carbons (Fsp3) is 0.240. The number of hydrogen-bond acceptors (Lipinski definition) is 4. The number of anilines is 2. The topological polar surface area (TPSA) is 62.8 Å². The molecule has 0 fully saturated rings. The van der Waals surface area contributed by atoms with E-state index in [1.54, 1.807) is 18.2 Å². The maximum Gasteiger partial charge on any atom is 0.323 e. The zero-order chi connectivity index (χ0) is 22.9. The molecule has 3 aromatic rings. The first kappa shape index (κ1) is 23.4. The number of halogens is 1. The number of hydrogen-bond donors (Lipinski definition) is 2. The van der Waals surface area contributed by atoms with Gasteiger partial charge in [-0.05, 0) is 56.1 Å². The van der Waals surface area contributed by atoms with Crippen molar-refractivity contribution in [2.45, 2.75) is 12.5 Å². The first-order chi connectivity index (χ1) is 15.4. The molecule has 0 aliphatic heterocycles. The molecule has 6 nitrogen and oxygen atoms in total. The number of ether oxygens (including phenoxy) is 2. The molecule has 168 valence electrons. The minimum absolute atomic E-state index is 0.0550. The minimum atomic E-state index is -0.365. The molecule has 0 heterocycles. The molecule has 1 unspecified atom stereocenters. The van der Waals surface area contributed by atoms with E-state index in [-0.39, 0.29) is 12.1 Å². The van der Waals surface area contributed by atoms with Gasteiger partial charge in [0.25, 0.3) is 0 Å². The Morgan fingerprint density at radius 2 is 1.62 bits per heavy atom. The van der Waals surface area contributed by atoms with Gasteiger partial charge in [-0.3, -0.25) is 0 Å². The predicted molar refractivity (Wildman–Crippen MR) is 130 cm³/mol. The van der Waals surface area contributed by atoms with E-state index >= 15 is 0 Å². The fourth-order valence-corrected chi connectivity index (χ4v) is 3.34. The summed E-state index contributed by atoms with van der Waals surface area (Å²) in [5.74, 6) is 1.24. The van der Waals surface area contributed by atoms with Gasteiger partial charge in [0.15, 0.2) is 0 Å². The second kappa shape index (κ2) is 11.4. The van der Waals surface area contributed by atoms with Gasteiger partial charge in [-0.2, -0.15) is 0 Å². The summed E-state index contributed by atoms with van der Waals surface area (Å²) in [6.45, 7) is 0.912. The summed E-state index contributed by atoms with van der Waals surface area (Å²) in [5.41, 5.74) is 2.37. The molecular formula is C25H28ClN3O3. The highest BCUT2D eigenvalue weighted by Crippen LogP contribution is 2.28. The van der Waals surface area contributed by atoms with Crippen LogP contribution < -0.4 is 20.1 Å². The van der Waals surface area contributed by atoms with E-state index in [4.69, 9.17) is 21.1 Å². The van der Waals surface area contributed by atoms with Crippen LogP contribution in [0.15, 0.2) is 72.8 Å². The number of carbonyl (C=O) groups excluding carboxylic acids is 1. The van der Waals surface area contributed by atoms with Crippen molar-refractivity contribution < 1.29 is 14.3 Å². The number of urea groups is 1. The number of methoxy groups -OCH3 is 1. The molecule has 3 aromatic carbocycles. The maximum atomic E-state index is 12.3. The third-order valence-corrected chi connectivity index (χ3v) is 5.12. The Morgan fingerprint density at radius 1 is 0.969 bits per heavy atom. The monoisotopic (exact) mass is 453 g/mol. The highest BCUT2D eigenvalue weighted by molar-refractivity contribution is 6.32.